The Bertz CT molecular complexity index is 808. The Morgan fingerprint density at radius 1 is 1.10 bits per heavy atom. The number of carbonyl (C=O) groups excluding carboxylic acids is 1. The van der Waals surface area contributed by atoms with Gasteiger partial charge in [0.15, 0.2) is 0 Å². The number of benzene rings is 1. The number of rotatable bonds is 4. The van der Waals surface area contributed by atoms with Gasteiger partial charge >= 0.3 is 0 Å². The fourth-order valence-electron chi connectivity index (χ4n) is 5.79. The molecule has 3 unspecified atom stereocenters. The topological polar surface area (TPSA) is 32.7 Å². The van der Waals surface area contributed by atoms with Crippen molar-refractivity contribution in [1.29, 1.82) is 0 Å². The van der Waals surface area contributed by atoms with Crippen LogP contribution in [-0.2, 0) is 4.79 Å². The first kappa shape index (κ1) is 20.3. The maximum atomic E-state index is 15.0. The van der Waals surface area contributed by atoms with Crippen molar-refractivity contribution < 1.29 is 9.18 Å². The average molecular weight is 397 g/mol. The second-order valence-electron chi connectivity index (χ2n) is 9.79. The quantitative estimate of drug-likeness (QED) is 0.617. The van der Waals surface area contributed by atoms with Gasteiger partial charge in [-0.05, 0) is 43.4 Å². The summed E-state index contributed by atoms with van der Waals surface area (Å²) in [5, 5.41) is 0. The van der Waals surface area contributed by atoms with E-state index in [4.69, 9.17) is 4.99 Å². The number of halogens is 1. The third-order valence-electron chi connectivity index (χ3n) is 7.54. The van der Waals surface area contributed by atoms with Crippen molar-refractivity contribution in [3.05, 3.63) is 47.8 Å². The molecule has 29 heavy (non-hydrogen) atoms. The molecule has 3 nitrogen and oxygen atoms in total. The molecule has 1 aromatic rings. The third kappa shape index (κ3) is 3.55. The normalized spacial score (nSPS) is 30.7. The second-order valence-corrected chi connectivity index (χ2v) is 9.79. The number of likely N-dealkylation sites (tertiary alicyclic amines) is 1. The van der Waals surface area contributed by atoms with Crippen LogP contribution in [0.25, 0.3) is 0 Å². The third-order valence-corrected chi connectivity index (χ3v) is 7.54. The van der Waals surface area contributed by atoms with E-state index < -0.39 is 11.0 Å². The number of hydrogen-bond acceptors (Lipinski definition) is 2. The Balaban J connectivity index is 1.74. The lowest BCUT2D eigenvalue weighted by Gasteiger charge is -2.39. The molecular formula is C25H33FN2O. The van der Waals surface area contributed by atoms with Gasteiger partial charge in [-0.3, -0.25) is 9.79 Å². The molecule has 0 aromatic heterocycles. The Morgan fingerprint density at radius 2 is 1.79 bits per heavy atom. The molecule has 1 aliphatic carbocycles. The molecule has 156 valence electrons. The van der Waals surface area contributed by atoms with E-state index in [0.29, 0.717) is 18.2 Å². The van der Waals surface area contributed by atoms with Gasteiger partial charge in [0.2, 0.25) is 5.91 Å². The van der Waals surface area contributed by atoms with E-state index in [2.05, 4.69) is 31.7 Å². The van der Waals surface area contributed by atoms with Crippen molar-refractivity contribution in [2.24, 2.45) is 16.3 Å². The molecule has 0 radical (unpaired) electrons. The molecule has 2 heterocycles. The van der Waals surface area contributed by atoms with E-state index in [1.165, 1.54) is 31.7 Å². The molecule has 0 spiro atoms. The first-order valence-electron chi connectivity index (χ1n) is 11.1. The van der Waals surface area contributed by atoms with Crippen LogP contribution in [0.3, 0.4) is 0 Å². The van der Waals surface area contributed by atoms with Crippen LogP contribution in [0.2, 0.25) is 0 Å². The van der Waals surface area contributed by atoms with Gasteiger partial charge in [-0.1, -0.05) is 63.8 Å². The zero-order valence-corrected chi connectivity index (χ0v) is 17.9. The highest BCUT2D eigenvalue weighted by Crippen LogP contribution is 2.52. The van der Waals surface area contributed by atoms with Crippen molar-refractivity contribution in [3.63, 3.8) is 0 Å². The lowest BCUT2D eigenvalue weighted by molar-refractivity contribution is -0.137. The van der Waals surface area contributed by atoms with Gasteiger partial charge in [-0.25, -0.2) is 4.39 Å². The Hall–Kier alpha value is -1.97. The minimum absolute atomic E-state index is 0.0000491. The van der Waals surface area contributed by atoms with Crippen molar-refractivity contribution in [1.82, 2.24) is 4.90 Å². The summed E-state index contributed by atoms with van der Waals surface area (Å²) in [5.41, 5.74) is -0.412. The Kier molecular flexibility index (Phi) is 5.39. The van der Waals surface area contributed by atoms with Crippen molar-refractivity contribution in [2.75, 3.05) is 6.54 Å². The summed E-state index contributed by atoms with van der Waals surface area (Å²) < 4.78 is 15.0. The van der Waals surface area contributed by atoms with Gasteiger partial charge in [0.1, 0.15) is 5.82 Å². The van der Waals surface area contributed by atoms with E-state index in [1.54, 1.807) is 12.3 Å². The van der Waals surface area contributed by atoms with Crippen LogP contribution < -0.4 is 0 Å². The summed E-state index contributed by atoms with van der Waals surface area (Å²) in [6.07, 6.45) is 12.9. The minimum Gasteiger partial charge on any atom is -0.339 e. The fraction of sp³-hybridized carbons (Fsp3) is 0.600. The number of allylic oxidation sites excluding steroid dienone is 1. The van der Waals surface area contributed by atoms with Crippen LogP contribution in [-0.4, -0.2) is 35.1 Å². The van der Waals surface area contributed by atoms with Crippen LogP contribution in [0.5, 0.6) is 0 Å². The van der Waals surface area contributed by atoms with E-state index >= 15 is 0 Å². The van der Waals surface area contributed by atoms with Gasteiger partial charge in [0.25, 0.3) is 0 Å². The number of aliphatic imine (C=N–C) groups is 1. The first-order chi connectivity index (χ1) is 13.8. The predicted molar refractivity (Wildman–Crippen MR) is 116 cm³/mol. The molecule has 2 fully saturated rings. The van der Waals surface area contributed by atoms with Gasteiger partial charge in [0, 0.05) is 30.1 Å². The summed E-state index contributed by atoms with van der Waals surface area (Å²) in [5.74, 6) is -0.163. The fourth-order valence-corrected chi connectivity index (χ4v) is 5.79. The molecule has 1 saturated carbocycles. The van der Waals surface area contributed by atoms with E-state index in [-0.39, 0.29) is 23.6 Å². The first-order valence-corrected chi connectivity index (χ1v) is 11.1. The zero-order valence-electron chi connectivity index (χ0n) is 17.9. The van der Waals surface area contributed by atoms with Gasteiger partial charge in [-0.15, -0.1) is 0 Å². The lowest BCUT2D eigenvalue weighted by Crippen LogP contribution is -2.40. The van der Waals surface area contributed by atoms with Crippen molar-refractivity contribution in [2.45, 2.75) is 76.8 Å². The molecule has 1 aromatic carbocycles. The molecular weight excluding hydrogens is 363 g/mol. The number of hydrogen-bond donors (Lipinski definition) is 0. The van der Waals surface area contributed by atoms with Crippen LogP contribution in [0, 0.1) is 17.2 Å². The van der Waals surface area contributed by atoms with Gasteiger partial charge in [-0.2, -0.15) is 0 Å². The van der Waals surface area contributed by atoms with E-state index in [9.17, 15) is 9.18 Å². The summed E-state index contributed by atoms with van der Waals surface area (Å²) in [6.45, 7) is 6.86. The van der Waals surface area contributed by atoms with E-state index in [1.807, 2.05) is 18.2 Å². The molecule has 2 aliphatic heterocycles. The largest absolute Gasteiger partial charge is 0.339 e. The summed E-state index contributed by atoms with van der Waals surface area (Å²) in [4.78, 5) is 20.4. The molecule has 0 bridgehead atoms. The molecule has 4 rings (SSSR count). The Labute approximate surface area is 174 Å². The van der Waals surface area contributed by atoms with Crippen LogP contribution in [0.15, 0.2) is 41.4 Å². The predicted octanol–water partition coefficient (Wildman–Crippen LogP) is 5.52. The smallest absolute Gasteiger partial charge is 0.228 e. The monoisotopic (exact) mass is 396 g/mol. The van der Waals surface area contributed by atoms with Crippen LogP contribution >= 0.6 is 0 Å². The average Bonchev–Trinajstić information content (AvgIpc) is 3.08. The molecule has 4 heteroatoms. The van der Waals surface area contributed by atoms with Crippen LogP contribution in [0.4, 0.5) is 4.39 Å². The SMILES string of the molecule is CC1(C(c2ccccc2F)C2CN(C3CCCCCC3)C(=O)C2(C)C)C=CC=N1. The summed E-state index contributed by atoms with van der Waals surface area (Å²) in [6, 6.07) is 7.35. The molecule has 0 N–H and O–H groups in total. The molecule has 1 saturated heterocycles. The standard InChI is InChI=1S/C25H33FN2O/c1-24(2)20(17-28(23(24)29)18-11-6-4-5-7-12-18)22(25(3)15-10-16-27-25)19-13-8-9-14-21(19)26/h8-10,13-16,18,20,22H,4-7,11-12,17H2,1-3H3. The van der Waals surface area contributed by atoms with E-state index in [0.717, 1.165) is 12.8 Å². The molecule has 3 aliphatic rings. The maximum absolute atomic E-state index is 15.0. The second kappa shape index (κ2) is 7.70. The maximum Gasteiger partial charge on any atom is 0.228 e. The van der Waals surface area contributed by atoms with Crippen molar-refractivity contribution in [3.8, 4) is 0 Å². The highest BCUT2D eigenvalue weighted by molar-refractivity contribution is 5.85. The minimum atomic E-state index is -0.547. The van der Waals surface area contributed by atoms with Crippen LogP contribution in [0.1, 0.15) is 70.8 Å². The lowest BCUT2D eigenvalue weighted by atomic mass is 9.64. The molecule has 3 atom stereocenters. The van der Waals surface area contributed by atoms with Gasteiger partial charge < -0.3 is 4.90 Å². The highest BCUT2D eigenvalue weighted by Gasteiger charge is 2.56. The Morgan fingerprint density at radius 3 is 2.41 bits per heavy atom. The number of nitrogens with zero attached hydrogens (tertiary/aromatic N) is 2. The zero-order chi connectivity index (χ0) is 20.6. The number of amides is 1. The summed E-state index contributed by atoms with van der Waals surface area (Å²) >= 11 is 0. The highest BCUT2D eigenvalue weighted by atomic mass is 19.1. The summed E-state index contributed by atoms with van der Waals surface area (Å²) in [7, 11) is 0. The van der Waals surface area contributed by atoms with Crippen molar-refractivity contribution >= 4 is 12.1 Å². The molecule has 1 amide bonds. The number of carbonyl (C=O) groups is 1. The van der Waals surface area contributed by atoms with Gasteiger partial charge in [0.05, 0.1) is 5.54 Å².